The lowest BCUT2D eigenvalue weighted by atomic mass is 9.80. The van der Waals surface area contributed by atoms with Gasteiger partial charge in [0, 0.05) is 17.6 Å². The van der Waals surface area contributed by atoms with Crippen molar-refractivity contribution in [2.24, 2.45) is 0 Å². The van der Waals surface area contributed by atoms with Crippen molar-refractivity contribution in [3.05, 3.63) is 42.1 Å². The second-order valence-corrected chi connectivity index (χ2v) is 5.54. The summed E-state index contributed by atoms with van der Waals surface area (Å²) in [5.41, 5.74) is 2.65. The number of nitrogens with zero attached hydrogens (tertiary/aromatic N) is 1. The molecule has 1 N–H and O–H groups in total. The molecule has 0 bridgehead atoms. The van der Waals surface area contributed by atoms with Gasteiger partial charge in [-0.2, -0.15) is 0 Å². The summed E-state index contributed by atoms with van der Waals surface area (Å²) in [6.07, 6.45) is 7.12. The normalized spacial score (nSPS) is 23.6. The first kappa shape index (κ1) is 12.6. The van der Waals surface area contributed by atoms with E-state index in [1.54, 1.807) is 0 Å². The third kappa shape index (κ3) is 2.64. The minimum absolute atomic E-state index is 0.663. The molecule has 1 fully saturated rings. The minimum atomic E-state index is 0.663. The van der Waals surface area contributed by atoms with Crippen molar-refractivity contribution in [1.82, 2.24) is 10.3 Å². The first-order valence-electron chi connectivity index (χ1n) is 7.45. The molecule has 3 rings (SSSR count). The van der Waals surface area contributed by atoms with Crippen LogP contribution in [0.4, 0.5) is 0 Å². The molecule has 0 radical (unpaired) electrons. The van der Waals surface area contributed by atoms with Crippen LogP contribution in [0.2, 0.25) is 0 Å². The minimum Gasteiger partial charge on any atom is -0.314 e. The van der Waals surface area contributed by atoms with E-state index in [-0.39, 0.29) is 0 Å². The van der Waals surface area contributed by atoms with Gasteiger partial charge in [-0.15, -0.1) is 0 Å². The fourth-order valence-electron chi connectivity index (χ4n) is 3.40. The zero-order valence-corrected chi connectivity index (χ0v) is 11.6. The van der Waals surface area contributed by atoms with E-state index in [0.29, 0.717) is 12.0 Å². The van der Waals surface area contributed by atoms with Crippen molar-refractivity contribution < 1.29 is 0 Å². The van der Waals surface area contributed by atoms with E-state index in [2.05, 4.69) is 41.5 Å². The van der Waals surface area contributed by atoms with Crippen LogP contribution in [0.15, 0.2) is 36.5 Å². The molecule has 0 amide bonds. The molecule has 1 aromatic heterocycles. The van der Waals surface area contributed by atoms with Crippen molar-refractivity contribution in [1.29, 1.82) is 0 Å². The lowest BCUT2D eigenvalue weighted by Gasteiger charge is -2.30. The van der Waals surface area contributed by atoms with Gasteiger partial charge in [0.25, 0.3) is 0 Å². The molecule has 1 aliphatic carbocycles. The summed E-state index contributed by atoms with van der Waals surface area (Å²) < 4.78 is 0. The van der Waals surface area contributed by atoms with Gasteiger partial charge in [-0.3, -0.25) is 4.98 Å². The summed E-state index contributed by atoms with van der Waals surface area (Å²) >= 11 is 0. The van der Waals surface area contributed by atoms with Gasteiger partial charge in [0.2, 0.25) is 0 Å². The van der Waals surface area contributed by atoms with Crippen molar-refractivity contribution in [3.8, 4) is 0 Å². The lowest BCUT2D eigenvalue weighted by molar-refractivity contribution is 0.345. The Bertz CT molecular complexity index is 542. The molecule has 2 unspecified atom stereocenters. The molecule has 0 spiro atoms. The van der Waals surface area contributed by atoms with Crippen LogP contribution in [0.1, 0.15) is 44.1 Å². The molecule has 19 heavy (non-hydrogen) atoms. The molecule has 2 nitrogen and oxygen atoms in total. The highest BCUT2D eigenvalue weighted by Crippen LogP contribution is 2.35. The number of hydrogen-bond donors (Lipinski definition) is 1. The summed E-state index contributed by atoms with van der Waals surface area (Å²) in [7, 11) is 0. The Morgan fingerprint density at radius 2 is 2.11 bits per heavy atom. The molecule has 2 aromatic rings. The van der Waals surface area contributed by atoms with Crippen molar-refractivity contribution in [2.75, 3.05) is 6.54 Å². The molecule has 1 heterocycles. The Hall–Kier alpha value is -1.41. The smallest absolute Gasteiger partial charge is 0.0736 e. The highest BCUT2D eigenvalue weighted by atomic mass is 14.9. The Balaban J connectivity index is 1.91. The molecule has 1 saturated carbocycles. The Labute approximate surface area is 115 Å². The SMILES string of the molecule is CCNC1CCCC(c2cccc3cccnc23)C1. The number of hydrogen-bond acceptors (Lipinski definition) is 2. The fourth-order valence-corrected chi connectivity index (χ4v) is 3.40. The molecule has 1 aromatic carbocycles. The van der Waals surface area contributed by atoms with Crippen LogP contribution >= 0.6 is 0 Å². The average molecular weight is 254 g/mol. The van der Waals surface area contributed by atoms with E-state index >= 15 is 0 Å². The third-order valence-corrected chi connectivity index (χ3v) is 4.27. The Kier molecular flexibility index (Phi) is 3.79. The number of benzene rings is 1. The first-order chi connectivity index (χ1) is 9.38. The Morgan fingerprint density at radius 3 is 3.00 bits per heavy atom. The maximum absolute atomic E-state index is 4.61. The molecule has 100 valence electrons. The maximum atomic E-state index is 4.61. The van der Waals surface area contributed by atoms with E-state index in [4.69, 9.17) is 0 Å². The molecule has 0 saturated heterocycles. The number of aromatic nitrogens is 1. The van der Waals surface area contributed by atoms with Crippen molar-refractivity contribution >= 4 is 10.9 Å². The van der Waals surface area contributed by atoms with E-state index < -0.39 is 0 Å². The lowest BCUT2D eigenvalue weighted by Crippen LogP contribution is -2.33. The standard InChI is InChI=1S/C17H22N2/c1-2-18-15-9-3-7-14(12-15)16-10-4-6-13-8-5-11-19-17(13)16/h4-6,8,10-11,14-15,18H,2-3,7,9,12H2,1H3. The molecule has 1 aliphatic rings. The highest BCUT2D eigenvalue weighted by molar-refractivity contribution is 5.82. The summed E-state index contributed by atoms with van der Waals surface area (Å²) in [6.45, 7) is 3.27. The quantitative estimate of drug-likeness (QED) is 0.899. The predicted octanol–water partition coefficient (Wildman–Crippen LogP) is 3.87. The van der Waals surface area contributed by atoms with Gasteiger partial charge >= 0.3 is 0 Å². The van der Waals surface area contributed by atoms with E-state index in [1.807, 2.05) is 12.3 Å². The maximum Gasteiger partial charge on any atom is 0.0736 e. The Morgan fingerprint density at radius 1 is 1.21 bits per heavy atom. The molecule has 0 aliphatic heterocycles. The predicted molar refractivity (Wildman–Crippen MR) is 80.4 cm³/mol. The van der Waals surface area contributed by atoms with E-state index in [1.165, 1.54) is 42.1 Å². The van der Waals surface area contributed by atoms with Gasteiger partial charge in [-0.25, -0.2) is 0 Å². The van der Waals surface area contributed by atoms with Crippen molar-refractivity contribution in [2.45, 2.75) is 44.6 Å². The van der Waals surface area contributed by atoms with Gasteiger partial charge in [-0.05, 0) is 43.4 Å². The molecular formula is C17H22N2. The number of pyridine rings is 1. The van der Waals surface area contributed by atoms with Gasteiger partial charge < -0.3 is 5.32 Å². The van der Waals surface area contributed by atoms with Crippen LogP contribution in [-0.4, -0.2) is 17.6 Å². The summed E-state index contributed by atoms with van der Waals surface area (Å²) in [5.74, 6) is 0.663. The fraction of sp³-hybridized carbons (Fsp3) is 0.471. The van der Waals surface area contributed by atoms with Crippen LogP contribution in [0, 0.1) is 0 Å². The second kappa shape index (κ2) is 5.70. The van der Waals surface area contributed by atoms with Gasteiger partial charge in [0.15, 0.2) is 0 Å². The van der Waals surface area contributed by atoms with Crippen LogP contribution < -0.4 is 5.32 Å². The van der Waals surface area contributed by atoms with Crippen LogP contribution in [0.25, 0.3) is 10.9 Å². The number of fused-ring (bicyclic) bond motifs is 1. The van der Waals surface area contributed by atoms with Crippen LogP contribution in [0.3, 0.4) is 0 Å². The van der Waals surface area contributed by atoms with Crippen molar-refractivity contribution in [3.63, 3.8) is 0 Å². The topological polar surface area (TPSA) is 24.9 Å². The second-order valence-electron chi connectivity index (χ2n) is 5.54. The number of para-hydroxylation sites is 1. The average Bonchev–Trinajstić information content (AvgIpc) is 2.47. The van der Waals surface area contributed by atoms with Gasteiger partial charge in [0.1, 0.15) is 0 Å². The molecular weight excluding hydrogens is 232 g/mol. The zero-order valence-electron chi connectivity index (χ0n) is 11.6. The summed E-state index contributed by atoms with van der Waals surface area (Å²) in [4.78, 5) is 4.61. The largest absolute Gasteiger partial charge is 0.314 e. The van der Waals surface area contributed by atoms with Crippen LogP contribution in [0.5, 0.6) is 0 Å². The zero-order chi connectivity index (χ0) is 13.1. The number of rotatable bonds is 3. The first-order valence-corrected chi connectivity index (χ1v) is 7.45. The third-order valence-electron chi connectivity index (χ3n) is 4.27. The van der Waals surface area contributed by atoms with Gasteiger partial charge in [-0.1, -0.05) is 37.6 Å². The monoisotopic (exact) mass is 254 g/mol. The van der Waals surface area contributed by atoms with Crippen LogP contribution in [-0.2, 0) is 0 Å². The summed E-state index contributed by atoms with van der Waals surface area (Å²) in [5, 5.41) is 4.88. The molecule has 2 atom stereocenters. The molecule has 2 heteroatoms. The van der Waals surface area contributed by atoms with Gasteiger partial charge in [0.05, 0.1) is 5.52 Å². The highest BCUT2D eigenvalue weighted by Gasteiger charge is 2.23. The van der Waals surface area contributed by atoms with E-state index in [0.717, 1.165) is 6.54 Å². The number of nitrogens with one attached hydrogen (secondary N) is 1. The van der Waals surface area contributed by atoms with E-state index in [9.17, 15) is 0 Å². The summed E-state index contributed by atoms with van der Waals surface area (Å²) in [6, 6.07) is 11.5.